The number of hydrogen-bond donors (Lipinski definition) is 2. The van der Waals surface area contributed by atoms with Crippen molar-refractivity contribution in [2.45, 2.75) is 18.9 Å². The van der Waals surface area contributed by atoms with Gasteiger partial charge in [-0.15, -0.1) is 0 Å². The number of piperazine rings is 1. The van der Waals surface area contributed by atoms with Crippen molar-refractivity contribution < 1.29 is 14.3 Å². The quantitative estimate of drug-likeness (QED) is 0.526. The summed E-state index contributed by atoms with van der Waals surface area (Å²) in [6.07, 6.45) is 4.95. The largest absolute Gasteiger partial charge is 0.379 e. The first-order chi connectivity index (χ1) is 14.1. The number of imide groups is 1. The molecule has 2 amide bonds. The van der Waals surface area contributed by atoms with E-state index < -0.39 is 0 Å². The molecule has 2 aromatic rings. The highest BCUT2D eigenvalue weighted by molar-refractivity contribution is 5.99. The molecule has 1 unspecified atom stereocenters. The first-order valence-electron chi connectivity index (χ1n) is 10.3. The number of aromatic nitrogens is 1. The van der Waals surface area contributed by atoms with Gasteiger partial charge in [-0.1, -0.05) is 6.07 Å². The third-order valence-corrected chi connectivity index (χ3v) is 5.77. The van der Waals surface area contributed by atoms with Crippen molar-refractivity contribution in [1.29, 1.82) is 0 Å². The smallest absolute Gasteiger partial charge is 0.249 e. The van der Waals surface area contributed by atoms with Crippen LogP contribution < -0.4 is 16.0 Å². The van der Waals surface area contributed by atoms with E-state index in [1.54, 1.807) is 0 Å². The fraction of sp³-hybridized carbons (Fsp3) is 0.524. The van der Waals surface area contributed by atoms with Crippen LogP contribution in [0, 0.1) is 0 Å². The van der Waals surface area contributed by atoms with Gasteiger partial charge in [0.2, 0.25) is 11.8 Å². The Kier molecular flexibility index (Phi) is 6.13. The molecular formula is C21H29N5O3. The summed E-state index contributed by atoms with van der Waals surface area (Å²) in [5.41, 5.74) is 6.65. The number of carbonyl (C=O) groups is 2. The second-order valence-corrected chi connectivity index (χ2v) is 7.72. The zero-order valence-corrected chi connectivity index (χ0v) is 16.7. The Morgan fingerprint density at radius 1 is 1.07 bits per heavy atom. The standard InChI is InChI=1S/C21H29N5O3/c22-5-11-29-12-10-24-6-8-25(9-7-24)18-2-1-16-14-26(15-17(16)13-18)19-3-4-20(27)23-21(19)28/h1-2,13-15,19H,3-12,22H2,(H,23,27,28). The normalized spacial score (nSPS) is 21.0. The zero-order valence-electron chi connectivity index (χ0n) is 16.7. The Bertz CT molecular complexity index is 872. The summed E-state index contributed by atoms with van der Waals surface area (Å²) in [5, 5.41) is 4.66. The van der Waals surface area contributed by atoms with E-state index in [0.717, 1.165) is 50.1 Å². The number of ether oxygens (including phenoxy) is 1. The van der Waals surface area contributed by atoms with Crippen LogP contribution in [-0.4, -0.2) is 73.8 Å². The van der Waals surface area contributed by atoms with E-state index >= 15 is 0 Å². The summed E-state index contributed by atoms with van der Waals surface area (Å²) in [7, 11) is 0. The van der Waals surface area contributed by atoms with E-state index in [0.29, 0.717) is 26.0 Å². The van der Waals surface area contributed by atoms with Crippen molar-refractivity contribution >= 4 is 28.3 Å². The summed E-state index contributed by atoms with van der Waals surface area (Å²) >= 11 is 0. The molecule has 2 aliphatic rings. The number of benzene rings is 1. The van der Waals surface area contributed by atoms with E-state index in [4.69, 9.17) is 10.5 Å². The van der Waals surface area contributed by atoms with E-state index in [2.05, 4.69) is 33.3 Å². The number of nitrogens with zero attached hydrogens (tertiary/aromatic N) is 3. The summed E-state index contributed by atoms with van der Waals surface area (Å²) in [6.45, 7) is 6.87. The Morgan fingerprint density at radius 2 is 1.86 bits per heavy atom. The van der Waals surface area contributed by atoms with Gasteiger partial charge in [0.1, 0.15) is 6.04 Å². The predicted octanol–water partition coefficient (Wildman–Crippen LogP) is 0.716. The molecule has 2 aliphatic heterocycles. The maximum Gasteiger partial charge on any atom is 0.249 e. The highest BCUT2D eigenvalue weighted by atomic mass is 16.5. The van der Waals surface area contributed by atoms with Crippen LogP contribution in [0.2, 0.25) is 0 Å². The SMILES string of the molecule is NCCOCCN1CCN(c2ccc3cn(C4CCC(=O)NC4=O)cc3c2)CC1. The Hall–Kier alpha value is -2.42. The van der Waals surface area contributed by atoms with Crippen LogP contribution in [0.25, 0.3) is 10.8 Å². The molecule has 8 heteroatoms. The van der Waals surface area contributed by atoms with Crippen LogP contribution in [0.1, 0.15) is 18.9 Å². The summed E-state index contributed by atoms with van der Waals surface area (Å²) in [6, 6.07) is 6.14. The fourth-order valence-electron chi connectivity index (χ4n) is 4.10. The first kappa shape index (κ1) is 19.9. The van der Waals surface area contributed by atoms with Gasteiger partial charge in [0.05, 0.1) is 13.2 Å². The molecule has 1 aromatic carbocycles. The second-order valence-electron chi connectivity index (χ2n) is 7.72. The van der Waals surface area contributed by atoms with E-state index in [-0.39, 0.29) is 17.9 Å². The molecule has 8 nitrogen and oxygen atoms in total. The molecule has 4 rings (SSSR count). The van der Waals surface area contributed by atoms with E-state index in [9.17, 15) is 9.59 Å². The number of nitrogens with one attached hydrogen (secondary N) is 1. The lowest BCUT2D eigenvalue weighted by molar-refractivity contribution is -0.135. The van der Waals surface area contributed by atoms with Crippen molar-refractivity contribution in [2.24, 2.45) is 5.73 Å². The number of anilines is 1. The van der Waals surface area contributed by atoms with Crippen LogP contribution in [0.3, 0.4) is 0 Å². The van der Waals surface area contributed by atoms with Crippen molar-refractivity contribution in [2.75, 3.05) is 57.4 Å². The lowest BCUT2D eigenvalue weighted by atomic mass is 10.1. The van der Waals surface area contributed by atoms with Gasteiger partial charge in [0, 0.05) is 69.2 Å². The number of carbonyl (C=O) groups excluding carboxylic acids is 2. The van der Waals surface area contributed by atoms with Gasteiger partial charge >= 0.3 is 0 Å². The van der Waals surface area contributed by atoms with Crippen LogP contribution in [0.5, 0.6) is 0 Å². The molecule has 2 saturated heterocycles. The number of amides is 2. The van der Waals surface area contributed by atoms with Crippen LogP contribution >= 0.6 is 0 Å². The second kappa shape index (κ2) is 8.94. The predicted molar refractivity (Wildman–Crippen MR) is 112 cm³/mol. The number of fused-ring (bicyclic) bond motifs is 1. The Morgan fingerprint density at radius 3 is 2.62 bits per heavy atom. The molecular weight excluding hydrogens is 370 g/mol. The molecule has 2 fully saturated rings. The van der Waals surface area contributed by atoms with Crippen molar-refractivity contribution in [3.63, 3.8) is 0 Å². The van der Waals surface area contributed by atoms with Gasteiger partial charge < -0.3 is 19.9 Å². The maximum atomic E-state index is 12.2. The summed E-state index contributed by atoms with van der Waals surface area (Å²) in [4.78, 5) is 28.4. The average Bonchev–Trinajstić information content (AvgIpc) is 3.14. The van der Waals surface area contributed by atoms with Gasteiger partial charge in [0.25, 0.3) is 0 Å². The number of hydrogen-bond acceptors (Lipinski definition) is 6. The highest BCUT2D eigenvalue weighted by Crippen LogP contribution is 2.27. The highest BCUT2D eigenvalue weighted by Gasteiger charge is 2.28. The average molecular weight is 399 g/mol. The molecule has 3 heterocycles. The van der Waals surface area contributed by atoms with E-state index in [1.807, 2.05) is 17.0 Å². The molecule has 3 N–H and O–H groups in total. The van der Waals surface area contributed by atoms with Crippen molar-refractivity contribution in [3.05, 3.63) is 30.6 Å². The van der Waals surface area contributed by atoms with Gasteiger partial charge in [-0.2, -0.15) is 0 Å². The fourth-order valence-corrected chi connectivity index (χ4v) is 4.10. The summed E-state index contributed by atoms with van der Waals surface area (Å²) in [5.74, 6) is -0.399. The van der Waals surface area contributed by atoms with Crippen molar-refractivity contribution in [1.82, 2.24) is 14.8 Å². The Balaban J connectivity index is 1.38. The number of rotatable bonds is 7. The molecule has 1 aromatic heterocycles. The molecule has 0 spiro atoms. The van der Waals surface area contributed by atoms with Gasteiger partial charge in [-0.05, 0) is 23.9 Å². The molecule has 0 radical (unpaired) electrons. The van der Waals surface area contributed by atoms with Crippen molar-refractivity contribution in [3.8, 4) is 0 Å². The Labute approximate surface area is 170 Å². The van der Waals surface area contributed by atoms with Crippen LogP contribution in [0.15, 0.2) is 30.6 Å². The minimum absolute atomic E-state index is 0.185. The monoisotopic (exact) mass is 399 g/mol. The van der Waals surface area contributed by atoms with Gasteiger partial charge in [0.15, 0.2) is 0 Å². The molecule has 29 heavy (non-hydrogen) atoms. The van der Waals surface area contributed by atoms with Crippen LogP contribution in [-0.2, 0) is 14.3 Å². The summed E-state index contributed by atoms with van der Waals surface area (Å²) < 4.78 is 7.42. The van der Waals surface area contributed by atoms with E-state index in [1.165, 1.54) is 5.69 Å². The van der Waals surface area contributed by atoms with Gasteiger partial charge in [-0.3, -0.25) is 19.8 Å². The first-order valence-corrected chi connectivity index (χ1v) is 10.3. The lowest BCUT2D eigenvalue weighted by Crippen LogP contribution is -2.47. The lowest BCUT2D eigenvalue weighted by Gasteiger charge is -2.36. The maximum absolute atomic E-state index is 12.2. The zero-order chi connectivity index (χ0) is 20.2. The van der Waals surface area contributed by atoms with Crippen LogP contribution in [0.4, 0.5) is 5.69 Å². The molecule has 0 aliphatic carbocycles. The molecule has 1 atom stereocenters. The third kappa shape index (κ3) is 4.60. The minimum atomic E-state index is -0.311. The molecule has 156 valence electrons. The number of piperidine rings is 1. The third-order valence-electron chi connectivity index (χ3n) is 5.77. The number of nitrogens with two attached hydrogens (primary N) is 1. The van der Waals surface area contributed by atoms with Gasteiger partial charge in [-0.25, -0.2) is 0 Å². The molecule has 0 saturated carbocycles. The molecule has 0 bridgehead atoms. The topological polar surface area (TPSA) is 92.8 Å². The minimum Gasteiger partial charge on any atom is -0.379 e.